The van der Waals surface area contributed by atoms with Gasteiger partial charge < -0.3 is 9.80 Å². The van der Waals surface area contributed by atoms with Crippen molar-refractivity contribution in [2.24, 2.45) is 5.92 Å². The molecule has 0 bridgehead atoms. The summed E-state index contributed by atoms with van der Waals surface area (Å²) in [5, 5.41) is 0. The topological polar surface area (TPSA) is 40.6 Å². The fourth-order valence-corrected chi connectivity index (χ4v) is 3.11. The molecule has 0 saturated carbocycles. The smallest absolute Gasteiger partial charge is 0.332 e. The van der Waals surface area contributed by atoms with Crippen molar-refractivity contribution >= 4 is 11.8 Å². The standard InChI is InChI=1S/C18H23F3N2O2/c1-4-22-11-16(24)23(15(17(22)25)9-12(2)3)10-13-7-5-6-8-14(13)18(19,20)21/h5-8,12,15H,4,9-11H2,1-3H3/t15-/m0/s1. The van der Waals surface area contributed by atoms with Gasteiger partial charge in [-0.3, -0.25) is 9.59 Å². The molecule has 7 heteroatoms. The van der Waals surface area contributed by atoms with E-state index in [0.717, 1.165) is 6.07 Å². The summed E-state index contributed by atoms with van der Waals surface area (Å²) in [6.45, 7) is 5.74. The number of amides is 2. The van der Waals surface area contributed by atoms with Gasteiger partial charge in [0, 0.05) is 13.1 Å². The summed E-state index contributed by atoms with van der Waals surface area (Å²) in [6.07, 6.45) is -4.07. The maximum atomic E-state index is 13.2. The highest BCUT2D eigenvalue weighted by Crippen LogP contribution is 2.33. The number of hydrogen-bond acceptors (Lipinski definition) is 2. The van der Waals surface area contributed by atoms with E-state index in [-0.39, 0.29) is 36.4 Å². The van der Waals surface area contributed by atoms with Gasteiger partial charge in [0.15, 0.2) is 0 Å². The van der Waals surface area contributed by atoms with Gasteiger partial charge in [0.1, 0.15) is 6.04 Å². The summed E-state index contributed by atoms with van der Waals surface area (Å²) in [6, 6.07) is 4.47. The molecule has 1 fully saturated rings. The lowest BCUT2D eigenvalue weighted by atomic mass is 9.97. The molecule has 0 radical (unpaired) electrons. The lowest BCUT2D eigenvalue weighted by Crippen LogP contribution is -2.59. The van der Waals surface area contributed by atoms with E-state index < -0.39 is 17.8 Å². The summed E-state index contributed by atoms with van der Waals surface area (Å²) in [4.78, 5) is 27.9. The van der Waals surface area contributed by atoms with Crippen molar-refractivity contribution in [3.05, 3.63) is 35.4 Å². The van der Waals surface area contributed by atoms with E-state index in [2.05, 4.69) is 0 Å². The monoisotopic (exact) mass is 356 g/mol. The lowest BCUT2D eigenvalue weighted by molar-refractivity contribution is -0.157. The minimum Gasteiger partial charge on any atom is -0.332 e. The summed E-state index contributed by atoms with van der Waals surface area (Å²) in [7, 11) is 0. The van der Waals surface area contributed by atoms with Crippen LogP contribution >= 0.6 is 0 Å². The highest BCUT2D eigenvalue weighted by molar-refractivity contribution is 5.94. The Kier molecular flexibility index (Phi) is 5.75. The van der Waals surface area contributed by atoms with Gasteiger partial charge in [0.2, 0.25) is 11.8 Å². The molecule has 0 spiro atoms. The second-order valence-electron chi connectivity index (χ2n) is 6.67. The van der Waals surface area contributed by atoms with E-state index in [1.807, 2.05) is 13.8 Å². The summed E-state index contributed by atoms with van der Waals surface area (Å²) in [5.41, 5.74) is -0.758. The zero-order valence-corrected chi connectivity index (χ0v) is 14.6. The average Bonchev–Trinajstić information content (AvgIpc) is 2.53. The largest absolute Gasteiger partial charge is 0.416 e. The molecule has 1 aromatic carbocycles. The fraction of sp³-hybridized carbons (Fsp3) is 0.556. The molecular weight excluding hydrogens is 333 g/mol. The third kappa shape index (κ3) is 4.32. The molecule has 1 heterocycles. The van der Waals surface area contributed by atoms with Crippen molar-refractivity contribution in [1.82, 2.24) is 9.80 Å². The highest BCUT2D eigenvalue weighted by atomic mass is 19.4. The Morgan fingerprint density at radius 1 is 1.20 bits per heavy atom. The van der Waals surface area contributed by atoms with Crippen LogP contribution in [0.3, 0.4) is 0 Å². The number of likely N-dealkylation sites (N-methyl/N-ethyl adjacent to an activating group) is 1. The van der Waals surface area contributed by atoms with E-state index in [0.29, 0.717) is 13.0 Å². The molecule has 2 rings (SSSR count). The van der Waals surface area contributed by atoms with Crippen LogP contribution in [0.25, 0.3) is 0 Å². The lowest BCUT2D eigenvalue weighted by Gasteiger charge is -2.41. The van der Waals surface area contributed by atoms with Gasteiger partial charge >= 0.3 is 6.18 Å². The van der Waals surface area contributed by atoms with Crippen LogP contribution in [0.1, 0.15) is 38.3 Å². The third-order valence-corrected chi connectivity index (χ3v) is 4.36. The van der Waals surface area contributed by atoms with E-state index >= 15 is 0 Å². The van der Waals surface area contributed by atoms with Gasteiger partial charge in [-0.25, -0.2) is 0 Å². The number of carbonyl (C=O) groups is 2. The van der Waals surface area contributed by atoms with E-state index in [1.54, 1.807) is 6.92 Å². The third-order valence-electron chi connectivity index (χ3n) is 4.36. The molecule has 1 aliphatic rings. The van der Waals surface area contributed by atoms with E-state index in [9.17, 15) is 22.8 Å². The van der Waals surface area contributed by atoms with Crippen LogP contribution < -0.4 is 0 Å². The maximum Gasteiger partial charge on any atom is 0.416 e. The summed E-state index contributed by atoms with van der Waals surface area (Å²) >= 11 is 0. The number of nitrogens with zero attached hydrogens (tertiary/aromatic N) is 2. The van der Waals surface area contributed by atoms with Crippen molar-refractivity contribution in [2.75, 3.05) is 13.1 Å². The molecule has 1 atom stereocenters. The van der Waals surface area contributed by atoms with Crippen LogP contribution in [0.4, 0.5) is 13.2 Å². The second-order valence-corrected chi connectivity index (χ2v) is 6.67. The van der Waals surface area contributed by atoms with Crippen molar-refractivity contribution in [2.45, 2.75) is 46.0 Å². The predicted octanol–water partition coefficient (Wildman–Crippen LogP) is 3.31. The first-order valence-electron chi connectivity index (χ1n) is 8.38. The Morgan fingerprint density at radius 3 is 2.40 bits per heavy atom. The minimum absolute atomic E-state index is 0.00912. The highest BCUT2D eigenvalue weighted by Gasteiger charge is 2.40. The quantitative estimate of drug-likeness (QED) is 0.812. The van der Waals surface area contributed by atoms with Crippen molar-refractivity contribution in [1.29, 1.82) is 0 Å². The van der Waals surface area contributed by atoms with Crippen LogP contribution in [0.5, 0.6) is 0 Å². The SMILES string of the molecule is CCN1CC(=O)N(Cc2ccccc2C(F)(F)F)[C@@H](CC(C)C)C1=O. The Morgan fingerprint density at radius 2 is 1.84 bits per heavy atom. The fourth-order valence-electron chi connectivity index (χ4n) is 3.11. The maximum absolute atomic E-state index is 13.2. The van der Waals surface area contributed by atoms with Gasteiger partial charge in [-0.1, -0.05) is 32.0 Å². The van der Waals surface area contributed by atoms with E-state index in [4.69, 9.17) is 0 Å². The summed E-state index contributed by atoms with van der Waals surface area (Å²) < 4.78 is 39.7. The Hall–Kier alpha value is -2.05. The number of piperazine rings is 1. The van der Waals surface area contributed by atoms with Crippen LogP contribution in [-0.4, -0.2) is 40.7 Å². The number of benzene rings is 1. The molecule has 0 unspecified atom stereocenters. The molecule has 25 heavy (non-hydrogen) atoms. The zero-order valence-electron chi connectivity index (χ0n) is 14.6. The Labute approximate surface area is 145 Å². The summed E-state index contributed by atoms with van der Waals surface area (Å²) in [5.74, 6) is -0.372. The first-order chi connectivity index (χ1) is 11.6. The Bertz CT molecular complexity index is 643. The van der Waals surface area contributed by atoms with Gasteiger partial charge in [0.05, 0.1) is 12.1 Å². The molecule has 0 aliphatic carbocycles. The molecule has 1 aromatic rings. The number of carbonyl (C=O) groups excluding carboxylic acids is 2. The first kappa shape index (κ1) is 19.3. The van der Waals surface area contributed by atoms with Gasteiger partial charge in [-0.05, 0) is 30.9 Å². The molecule has 0 aromatic heterocycles. The zero-order chi connectivity index (χ0) is 18.8. The van der Waals surface area contributed by atoms with Crippen molar-refractivity contribution < 1.29 is 22.8 Å². The molecule has 0 N–H and O–H groups in total. The molecular formula is C18H23F3N2O2. The van der Waals surface area contributed by atoms with Crippen LogP contribution in [0, 0.1) is 5.92 Å². The van der Waals surface area contributed by atoms with E-state index in [1.165, 1.54) is 28.0 Å². The second kappa shape index (κ2) is 7.45. The van der Waals surface area contributed by atoms with Crippen LogP contribution in [0.2, 0.25) is 0 Å². The number of hydrogen-bond donors (Lipinski definition) is 0. The molecule has 4 nitrogen and oxygen atoms in total. The number of halogens is 3. The minimum atomic E-state index is -4.50. The van der Waals surface area contributed by atoms with Gasteiger partial charge in [-0.15, -0.1) is 0 Å². The number of rotatable bonds is 5. The van der Waals surface area contributed by atoms with Crippen LogP contribution in [-0.2, 0) is 22.3 Å². The average molecular weight is 356 g/mol. The van der Waals surface area contributed by atoms with Gasteiger partial charge in [-0.2, -0.15) is 13.2 Å². The normalized spacial score (nSPS) is 19.1. The molecule has 2 amide bonds. The van der Waals surface area contributed by atoms with Crippen LogP contribution in [0.15, 0.2) is 24.3 Å². The van der Waals surface area contributed by atoms with Crippen molar-refractivity contribution in [3.63, 3.8) is 0 Å². The first-order valence-corrected chi connectivity index (χ1v) is 8.38. The molecule has 138 valence electrons. The molecule has 1 aliphatic heterocycles. The Balaban J connectivity index is 2.36. The van der Waals surface area contributed by atoms with Crippen molar-refractivity contribution in [3.8, 4) is 0 Å². The molecule has 1 saturated heterocycles. The predicted molar refractivity (Wildman–Crippen MR) is 87.5 cm³/mol. The number of alkyl halides is 3. The van der Waals surface area contributed by atoms with Gasteiger partial charge in [0.25, 0.3) is 0 Å².